The van der Waals surface area contributed by atoms with Crippen LogP contribution in [0.5, 0.6) is 0 Å². The summed E-state index contributed by atoms with van der Waals surface area (Å²) in [5.74, 6) is -0.309. The van der Waals surface area contributed by atoms with Crippen molar-refractivity contribution in [1.82, 2.24) is 4.72 Å². The van der Waals surface area contributed by atoms with Gasteiger partial charge in [0.15, 0.2) is 0 Å². The van der Waals surface area contributed by atoms with Crippen molar-refractivity contribution in [2.75, 3.05) is 0 Å². The summed E-state index contributed by atoms with van der Waals surface area (Å²) < 4.78 is 41.4. The molecule has 7 heteroatoms. The Labute approximate surface area is 139 Å². The highest BCUT2D eigenvalue weighted by molar-refractivity contribution is 9.11. The van der Waals surface area contributed by atoms with Crippen molar-refractivity contribution in [1.29, 1.82) is 0 Å². The molecule has 1 N–H and O–H groups in total. The second-order valence-electron chi connectivity index (χ2n) is 4.48. The zero-order valence-corrected chi connectivity index (χ0v) is 15.0. The first kappa shape index (κ1) is 16.6. The molecule has 0 aliphatic rings. The molecule has 0 radical (unpaired) electrons. The average molecular weight is 437 g/mol. The summed E-state index contributed by atoms with van der Waals surface area (Å²) in [4.78, 5) is 0.149. The quantitative estimate of drug-likeness (QED) is 0.782. The summed E-state index contributed by atoms with van der Waals surface area (Å²) in [6.45, 7) is 1.74. The molecular weight excluding hydrogens is 425 g/mol. The van der Waals surface area contributed by atoms with Gasteiger partial charge >= 0.3 is 0 Å². The van der Waals surface area contributed by atoms with Crippen LogP contribution in [0, 0.1) is 12.7 Å². The van der Waals surface area contributed by atoms with Crippen molar-refractivity contribution in [2.24, 2.45) is 0 Å². The van der Waals surface area contributed by atoms with Gasteiger partial charge in [-0.15, -0.1) is 0 Å². The van der Waals surface area contributed by atoms with E-state index < -0.39 is 10.0 Å². The van der Waals surface area contributed by atoms with Crippen LogP contribution in [0.4, 0.5) is 4.39 Å². The molecule has 21 heavy (non-hydrogen) atoms. The van der Waals surface area contributed by atoms with Crippen LogP contribution in [0.15, 0.2) is 50.2 Å². The van der Waals surface area contributed by atoms with E-state index in [9.17, 15) is 12.8 Å². The molecular formula is C14H12Br2FNO2S. The number of rotatable bonds is 4. The van der Waals surface area contributed by atoms with Crippen LogP contribution in [0.25, 0.3) is 0 Å². The van der Waals surface area contributed by atoms with E-state index in [0.717, 1.165) is 0 Å². The lowest BCUT2D eigenvalue weighted by Crippen LogP contribution is -2.23. The first-order valence-electron chi connectivity index (χ1n) is 5.99. The van der Waals surface area contributed by atoms with Gasteiger partial charge in [0, 0.05) is 15.5 Å². The van der Waals surface area contributed by atoms with Gasteiger partial charge in [-0.25, -0.2) is 17.5 Å². The molecule has 0 saturated carbocycles. The number of halogens is 3. The molecule has 0 fully saturated rings. The van der Waals surface area contributed by atoms with E-state index in [4.69, 9.17) is 0 Å². The lowest BCUT2D eigenvalue weighted by atomic mass is 10.1. The van der Waals surface area contributed by atoms with Gasteiger partial charge in [-0.05, 0) is 58.2 Å². The van der Waals surface area contributed by atoms with E-state index in [1.54, 1.807) is 31.2 Å². The van der Waals surface area contributed by atoms with Crippen LogP contribution in [0.3, 0.4) is 0 Å². The highest BCUT2D eigenvalue weighted by atomic mass is 79.9. The molecule has 0 saturated heterocycles. The van der Waals surface area contributed by atoms with Crippen molar-refractivity contribution in [3.05, 3.63) is 62.3 Å². The summed E-state index contributed by atoms with van der Waals surface area (Å²) in [6, 6.07) is 9.41. The number of sulfonamides is 1. The van der Waals surface area contributed by atoms with E-state index in [1.807, 2.05) is 0 Å². The molecule has 2 aromatic carbocycles. The number of benzene rings is 2. The maximum absolute atomic E-state index is 13.2. The zero-order chi connectivity index (χ0) is 15.6. The van der Waals surface area contributed by atoms with Crippen molar-refractivity contribution < 1.29 is 12.8 Å². The lowest BCUT2D eigenvalue weighted by Gasteiger charge is -2.09. The third-order valence-corrected chi connectivity index (χ3v) is 5.76. The van der Waals surface area contributed by atoms with Gasteiger partial charge in [0.05, 0.1) is 4.90 Å². The summed E-state index contributed by atoms with van der Waals surface area (Å²) in [7, 11) is -3.66. The molecule has 0 bridgehead atoms. The molecule has 112 valence electrons. The predicted octanol–water partition coefficient (Wildman–Crippen LogP) is 4.14. The standard InChI is InChI=1S/C14H12Br2FNO2S/c1-9-6-10(2-5-13(9)17)8-18-21(19,20)14-7-11(15)3-4-12(14)16/h2-7,18H,8H2,1H3. The monoisotopic (exact) mass is 435 g/mol. The second-order valence-corrected chi connectivity index (χ2v) is 7.99. The number of hydrogen-bond donors (Lipinski definition) is 1. The maximum atomic E-state index is 13.2. The summed E-state index contributed by atoms with van der Waals surface area (Å²) in [5.41, 5.74) is 1.18. The molecule has 0 amide bonds. The summed E-state index contributed by atoms with van der Waals surface area (Å²) >= 11 is 6.47. The maximum Gasteiger partial charge on any atom is 0.242 e. The number of aryl methyl sites for hydroxylation is 1. The van der Waals surface area contributed by atoms with E-state index in [-0.39, 0.29) is 17.3 Å². The van der Waals surface area contributed by atoms with Crippen LogP contribution < -0.4 is 4.72 Å². The first-order valence-corrected chi connectivity index (χ1v) is 9.06. The summed E-state index contributed by atoms with van der Waals surface area (Å²) in [6.07, 6.45) is 0. The summed E-state index contributed by atoms with van der Waals surface area (Å²) in [5, 5.41) is 0. The third kappa shape index (κ3) is 4.12. The Bertz CT molecular complexity index is 779. The first-order chi connectivity index (χ1) is 9.79. The van der Waals surface area contributed by atoms with Crippen LogP contribution in [0.1, 0.15) is 11.1 Å². The smallest absolute Gasteiger partial charge is 0.207 e. The van der Waals surface area contributed by atoms with Crippen molar-refractivity contribution in [2.45, 2.75) is 18.4 Å². The SMILES string of the molecule is Cc1cc(CNS(=O)(=O)c2cc(Br)ccc2Br)ccc1F. The van der Waals surface area contributed by atoms with E-state index in [1.165, 1.54) is 12.1 Å². The fraction of sp³-hybridized carbons (Fsp3) is 0.143. The van der Waals surface area contributed by atoms with Crippen LogP contribution in [0.2, 0.25) is 0 Å². The van der Waals surface area contributed by atoms with Gasteiger partial charge < -0.3 is 0 Å². The van der Waals surface area contributed by atoms with E-state index >= 15 is 0 Å². The molecule has 0 spiro atoms. The van der Waals surface area contributed by atoms with Gasteiger partial charge in [0.1, 0.15) is 5.82 Å². The highest BCUT2D eigenvalue weighted by Gasteiger charge is 2.17. The van der Waals surface area contributed by atoms with E-state index in [2.05, 4.69) is 36.6 Å². The highest BCUT2D eigenvalue weighted by Crippen LogP contribution is 2.25. The molecule has 0 aliphatic heterocycles. The zero-order valence-electron chi connectivity index (χ0n) is 11.0. The predicted molar refractivity (Wildman–Crippen MR) is 87.0 cm³/mol. The Morgan fingerprint density at radius 2 is 1.86 bits per heavy atom. The third-order valence-electron chi connectivity index (χ3n) is 2.87. The fourth-order valence-electron chi connectivity index (χ4n) is 1.76. The Morgan fingerprint density at radius 1 is 1.14 bits per heavy atom. The minimum Gasteiger partial charge on any atom is -0.207 e. The molecule has 0 aromatic heterocycles. The average Bonchev–Trinajstić information content (AvgIpc) is 2.43. The minimum atomic E-state index is -3.66. The Hall–Kier alpha value is -0.760. The number of nitrogens with one attached hydrogen (secondary N) is 1. The van der Waals surface area contributed by atoms with Gasteiger partial charge in [0.2, 0.25) is 10.0 Å². The van der Waals surface area contributed by atoms with Gasteiger partial charge in [0.25, 0.3) is 0 Å². The van der Waals surface area contributed by atoms with Gasteiger partial charge in [-0.1, -0.05) is 28.1 Å². The largest absolute Gasteiger partial charge is 0.242 e. The van der Waals surface area contributed by atoms with Crippen molar-refractivity contribution in [3.8, 4) is 0 Å². The Balaban J connectivity index is 2.21. The topological polar surface area (TPSA) is 46.2 Å². The normalized spacial score (nSPS) is 11.6. The molecule has 2 rings (SSSR count). The molecule has 2 aromatic rings. The lowest BCUT2D eigenvalue weighted by molar-refractivity contribution is 0.580. The Kier molecular flexibility index (Phi) is 5.19. The van der Waals surface area contributed by atoms with E-state index in [0.29, 0.717) is 20.1 Å². The van der Waals surface area contributed by atoms with Gasteiger partial charge in [-0.2, -0.15) is 0 Å². The van der Waals surface area contributed by atoms with Crippen LogP contribution in [-0.2, 0) is 16.6 Å². The fourth-order valence-corrected chi connectivity index (χ4v) is 4.27. The van der Waals surface area contributed by atoms with Gasteiger partial charge in [-0.3, -0.25) is 0 Å². The molecule has 0 atom stereocenters. The molecule has 3 nitrogen and oxygen atoms in total. The van der Waals surface area contributed by atoms with Crippen molar-refractivity contribution >= 4 is 41.9 Å². The molecule has 0 aliphatic carbocycles. The second kappa shape index (κ2) is 6.56. The minimum absolute atomic E-state index is 0.0996. The van der Waals surface area contributed by atoms with Crippen molar-refractivity contribution in [3.63, 3.8) is 0 Å². The number of hydrogen-bond acceptors (Lipinski definition) is 2. The molecule has 0 heterocycles. The Morgan fingerprint density at radius 3 is 2.52 bits per heavy atom. The van der Waals surface area contributed by atoms with Crippen LogP contribution >= 0.6 is 31.9 Å². The molecule has 0 unspecified atom stereocenters. The van der Waals surface area contributed by atoms with Crippen LogP contribution in [-0.4, -0.2) is 8.42 Å².